The molecule has 1 aliphatic rings. The van der Waals surface area contributed by atoms with Gasteiger partial charge in [-0.2, -0.15) is 0 Å². The molecule has 0 saturated heterocycles. The number of carbonyl (C=O) groups is 2. The van der Waals surface area contributed by atoms with E-state index in [0.29, 0.717) is 18.0 Å². The van der Waals surface area contributed by atoms with Crippen molar-refractivity contribution in [2.24, 2.45) is 5.92 Å². The molecule has 28 heavy (non-hydrogen) atoms. The van der Waals surface area contributed by atoms with Gasteiger partial charge < -0.3 is 19.9 Å². The summed E-state index contributed by atoms with van der Waals surface area (Å²) in [6.45, 7) is 4.38. The molecule has 0 bridgehead atoms. The van der Waals surface area contributed by atoms with E-state index >= 15 is 0 Å². The van der Waals surface area contributed by atoms with Gasteiger partial charge in [0.2, 0.25) is 0 Å². The SMILES string of the molecule is CC[C@@H](C)[C@@H](NC(=O)N1CCc2[nH]cnc2[C@@H]1c1cccc(Cl)c1)C(=O)OC. The number of esters is 1. The number of nitrogens with zero attached hydrogens (tertiary/aromatic N) is 2. The average Bonchev–Trinajstić information content (AvgIpc) is 3.18. The van der Waals surface area contributed by atoms with Crippen LogP contribution in [-0.4, -0.2) is 46.6 Å². The molecule has 2 aromatic rings. The van der Waals surface area contributed by atoms with E-state index in [4.69, 9.17) is 16.3 Å². The third-order valence-corrected chi connectivity index (χ3v) is 5.53. The molecule has 2 N–H and O–H groups in total. The van der Waals surface area contributed by atoms with Crippen molar-refractivity contribution in [3.8, 4) is 0 Å². The lowest BCUT2D eigenvalue weighted by atomic mass is 9.95. The van der Waals surface area contributed by atoms with Crippen LogP contribution in [0.4, 0.5) is 4.79 Å². The van der Waals surface area contributed by atoms with Gasteiger partial charge in [-0.3, -0.25) is 0 Å². The topological polar surface area (TPSA) is 87.3 Å². The van der Waals surface area contributed by atoms with E-state index < -0.39 is 12.0 Å². The van der Waals surface area contributed by atoms with Crippen LogP contribution in [0.2, 0.25) is 5.02 Å². The van der Waals surface area contributed by atoms with Crippen molar-refractivity contribution >= 4 is 23.6 Å². The lowest BCUT2D eigenvalue weighted by molar-refractivity contribution is -0.144. The first-order chi connectivity index (χ1) is 13.5. The van der Waals surface area contributed by atoms with E-state index in [9.17, 15) is 9.59 Å². The Kier molecular flexibility index (Phi) is 6.24. The molecule has 0 aliphatic carbocycles. The molecule has 2 heterocycles. The number of halogens is 1. The van der Waals surface area contributed by atoms with Crippen LogP contribution >= 0.6 is 11.6 Å². The molecule has 0 fully saturated rings. The van der Waals surface area contributed by atoms with E-state index in [1.54, 1.807) is 17.3 Å². The van der Waals surface area contributed by atoms with Crippen molar-refractivity contribution < 1.29 is 14.3 Å². The van der Waals surface area contributed by atoms with Gasteiger partial charge >= 0.3 is 12.0 Å². The molecule has 8 heteroatoms. The van der Waals surface area contributed by atoms with Crippen LogP contribution in [0.25, 0.3) is 0 Å². The molecular formula is C20H25ClN4O3. The first-order valence-electron chi connectivity index (χ1n) is 9.38. The van der Waals surface area contributed by atoms with Gasteiger partial charge in [-0.1, -0.05) is 44.0 Å². The monoisotopic (exact) mass is 404 g/mol. The van der Waals surface area contributed by atoms with Crippen molar-refractivity contribution in [2.75, 3.05) is 13.7 Å². The molecular weight excluding hydrogens is 380 g/mol. The molecule has 1 aliphatic heterocycles. The number of methoxy groups -OCH3 is 1. The van der Waals surface area contributed by atoms with Gasteiger partial charge in [-0.25, -0.2) is 14.6 Å². The van der Waals surface area contributed by atoms with Crippen LogP contribution in [0.15, 0.2) is 30.6 Å². The van der Waals surface area contributed by atoms with E-state index in [1.807, 2.05) is 32.0 Å². The van der Waals surface area contributed by atoms with Crippen molar-refractivity contribution in [3.05, 3.63) is 52.6 Å². The maximum atomic E-state index is 13.2. The van der Waals surface area contributed by atoms with Crippen LogP contribution in [0, 0.1) is 5.92 Å². The highest BCUT2D eigenvalue weighted by Crippen LogP contribution is 2.34. The fourth-order valence-electron chi connectivity index (χ4n) is 3.52. The molecule has 3 atom stereocenters. The zero-order valence-corrected chi connectivity index (χ0v) is 17.0. The smallest absolute Gasteiger partial charge is 0.328 e. The van der Waals surface area contributed by atoms with Gasteiger partial charge in [0.1, 0.15) is 12.1 Å². The normalized spacial score (nSPS) is 18.1. The number of carbonyl (C=O) groups excluding carboxylic acids is 2. The quantitative estimate of drug-likeness (QED) is 0.748. The Morgan fingerprint density at radius 2 is 2.25 bits per heavy atom. The van der Waals surface area contributed by atoms with E-state index in [2.05, 4.69) is 15.3 Å². The molecule has 7 nitrogen and oxygen atoms in total. The van der Waals surface area contributed by atoms with Crippen LogP contribution in [0.1, 0.15) is 43.3 Å². The van der Waals surface area contributed by atoms with Gasteiger partial charge in [-0.05, 0) is 23.6 Å². The molecule has 1 aromatic carbocycles. The first-order valence-corrected chi connectivity index (χ1v) is 9.76. The Labute approximate surface area is 169 Å². The lowest BCUT2D eigenvalue weighted by Crippen LogP contribution is -2.53. The van der Waals surface area contributed by atoms with Crippen molar-refractivity contribution in [2.45, 2.75) is 38.8 Å². The first kappa shape index (κ1) is 20.2. The third kappa shape index (κ3) is 3.99. The lowest BCUT2D eigenvalue weighted by Gasteiger charge is -2.36. The molecule has 0 radical (unpaired) electrons. The number of urea groups is 1. The summed E-state index contributed by atoms with van der Waals surface area (Å²) in [5, 5.41) is 3.46. The Morgan fingerprint density at radius 1 is 1.46 bits per heavy atom. The van der Waals surface area contributed by atoms with E-state index in [1.165, 1.54) is 7.11 Å². The van der Waals surface area contributed by atoms with Gasteiger partial charge in [0.15, 0.2) is 0 Å². The van der Waals surface area contributed by atoms with Gasteiger partial charge in [0.25, 0.3) is 0 Å². The number of fused-ring (bicyclic) bond motifs is 1. The minimum Gasteiger partial charge on any atom is -0.467 e. The minimum absolute atomic E-state index is 0.0493. The average molecular weight is 405 g/mol. The van der Waals surface area contributed by atoms with Crippen LogP contribution in [0.5, 0.6) is 0 Å². The molecule has 3 rings (SSSR count). The van der Waals surface area contributed by atoms with Crippen molar-refractivity contribution in [3.63, 3.8) is 0 Å². The maximum absolute atomic E-state index is 13.2. The molecule has 0 saturated carbocycles. The zero-order chi connectivity index (χ0) is 20.3. The van der Waals surface area contributed by atoms with Gasteiger partial charge in [-0.15, -0.1) is 0 Å². The highest BCUT2D eigenvalue weighted by molar-refractivity contribution is 6.30. The Hall–Kier alpha value is -2.54. The summed E-state index contributed by atoms with van der Waals surface area (Å²) in [5.74, 6) is -0.494. The second-order valence-electron chi connectivity index (χ2n) is 7.00. The minimum atomic E-state index is -0.705. The molecule has 2 amide bonds. The number of H-pyrrole nitrogens is 1. The highest BCUT2D eigenvalue weighted by atomic mass is 35.5. The van der Waals surface area contributed by atoms with E-state index in [0.717, 1.165) is 23.4 Å². The summed E-state index contributed by atoms with van der Waals surface area (Å²) in [6.07, 6.45) is 3.04. The predicted octanol–water partition coefficient (Wildman–Crippen LogP) is 3.31. The van der Waals surface area contributed by atoms with Crippen LogP contribution in [0.3, 0.4) is 0 Å². The summed E-state index contributed by atoms with van der Waals surface area (Å²) in [4.78, 5) is 34.7. The summed E-state index contributed by atoms with van der Waals surface area (Å²) in [7, 11) is 1.33. The number of hydrogen-bond donors (Lipinski definition) is 2. The maximum Gasteiger partial charge on any atom is 0.328 e. The highest BCUT2D eigenvalue weighted by Gasteiger charge is 2.36. The number of imidazole rings is 1. The Morgan fingerprint density at radius 3 is 2.93 bits per heavy atom. The van der Waals surface area contributed by atoms with Gasteiger partial charge in [0.05, 0.1) is 19.1 Å². The number of hydrogen-bond acceptors (Lipinski definition) is 4. The number of benzene rings is 1. The second-order valence-corrected chi connectivity index (χ2v) is 7.44. The van der Waals surface area contributed by atoms with Gasteiger partial charge in [0, 0.05) is 23.7 Å². The summed E-state index contributed by atoms with van der Waals surface area (Å²) < 4.78 is 4.89. The standard InChI is InChI=1S/C20H25ClN4O3/c1-4-12(2)16(19(26)28-3)24-20(27)25-9-8-15-17(23-11-22-15)18(25)13-6-5-7-14(21)10-13/h5-7,10-12,16,18H,4,8-9H2,1-3H3,(H,22,23)(H,24,27)/t12-,16-,18+/m1/s1. The fraction of sp³-hybridized carbons (Fsp3) is 0.450. The summed E-state index contributed by atoms with van der Waals surface area (Å²) >= 11 is 6.19. The number of rotatable bonds is 5. The number of nitrogens with one attached hydrogen (secondary N) is 2. The number of amides is 2. The van der Waals surface area contributed by atoms with Crippen molar-refractivity contribution in [1.29, 1.82) is 0 Å². The number of aromatic nitrogens is 2. The van der Waals surface area contributed by atoms with Crippen molar-refractivity contribution in [1.82, 2.24) is 20.2 Å². The van der Waals surface area contributed by atoms with Crippen LogP contribution < -0.4 is 5.32 Å². The number of ether oxygens (including phenoxy) is 1. The summed E-state index contributed by atoms with van der Waals surface area (Å²) in [6, 6.07) is 5.99. The molecule has 0 spiro atoms. The molecule has 1 aromatic heterocycles. The molecule has 0 unspecified atom stereocenters. The van der Waals surface area contributed by atoms with Crippen LogP contribution in [-0.2, 0) is 16.0 Å². The zero-order valence-electron chi connectivity index (χ0n) is 16.2. The molecule has 150 valence electrons. The second kappa shape index (κ2) is 8.65. The number of aromatic amines is 1. The largest absolute Gasteiger partial charge is 0.467 e. The predicted molar refractivity (Wildman–Crippen MR) is 106 cm³/mol. The fourth-order valence-corrected chi connectivity index (χ4v) is 3.72. The van der Waals surface area contributed by atoms with E-state index in [-0.39, 0.29) is 18.0 Å². The Balaban J connectivity index is 1.92. The Bertz CT molecular complexity index is 853. The summed E-state index contributed by atoms with van der Waals surface area (Å²) in [5.41, 5.74) is 2.66. The third-order valence-electron chi connectivity index (χ3n) is 5.30.